The molecule has 0 amide bonds. The van der Waals surface area contributed by atoms with Gasteiger partial charge in [0.15, 0.2) is 0 Å². The summed E-state index contributed by atoms with van der Waals surface area (Å²) >= 11 is 5.75. The second-order valence-electron chi connectivity index (χ2n) is 5.53. The number of nitrogens with zero attached hydrogens (tertiary/aromatic N) is 1. The third-order valence-corrected chi connectivity index (χ3v) is 5.32. The fourth-order valence-corrected chi connectivity index (χ4v) is 4.16. The number of halogens is 3. The van der Waals surface area contributed by atoms with Gasteiger partial charge < -0.3 is 4.74 Å². The van der Waals surface area contributed by atoms with Crippen LogP contribution in [0.3, 0.4) is 0 Å². The summed E-state index contributed by atoms with van der Waals surface area (Å²) < 4.78 is 58.5. The van der Waals surface area contributed by atoms with Crippen LogP contribution in [-0.2, 0) is 14.8 Å². The highest BCUT2D eigenvalue weighted by Gasteiger charge is 2.40. The van der Waals surface area contributed by atoms with Crippen LogP contribution in [0.4, 0.5) is 8.78 Å². The molecule has 0 aromatic heterocycles. The lowest BCUT2D eigenvalue weighted by molar-refractivity contribution is -0.107. The van der Waals surface area contributed by atoms with Gasteiger partial charge in [0.05, 0.1) is 11.7 Å². The molecule has 1 aliphatic rings. The lowest BCUT2D eigenvalue weighted by Crippen LogP contribution is -2.55. The molecule has 0 radical (unpaired) electrons. The minimum absolute atomic E-state index is 0.0338. The van der Waals surface area contributed by atoms with Gasteiger partial charge in [0.2, 0.25) is 10.0 Å². The van der Waals surface area contributed by atoms with Gasteiger partial charge in [-0.25, -0.2) is 17.2 Å². The first-order chi connectivity index (χ1) is 9.65. The summed E-state index contributed by atoms with van der Waals surface area (Å²) in [4.78, 5) is -0.546. The SMILES string of the molecule is CC1(C)CN(S(=O)(=O)c2ccc(F)cc2F)CC(CCl)O1. The topological polar surface area (TPSA) is 46.6 Å². The van der Waals surface area contributed by atoms with Crippen molar-refractivity contribution in [3.05, 3.63) is 29.8 Å². The molecule has 1 fully saturated rings. The largest absolute Gasteiger partial charge is 0.368 e. The predicted octanol–water partition coefficient (Wildman–Crippen LogP) is 2.37. The van der Waals surface area contributed by atoms with Crippen LogP contribution in [0.2, 0.25) is 0 Å². The summed E-state index contributed by atoms with van der Waals surface area (Å²) in [5.41, 5.74) is -0.735. The van der Waals surface area contributed by atoms with Crippen molar-refractivity contribution in [2.45, 2.75) is 30.4 Å². The zero-order valence-electron chi connectivity index (χ0n) is 11.6. The van der Waals surface area contributed by atoms with Gasteiger partial charge in [0.25, 0.3) is 0 Å². The summed E-state index contributed by atoms with van der Waals surface area (Å²) in [5, 5.41) is 0. The van der Waals surface area contributed by atoms with Crippen molar-refractivity contribution < 1.29 is 21.9 Å². The van der Waals surface area contributed by atoms with Gasteiger partial charge in [-0.15, -0.1) is 11.6 Å². The molecular formula is C13H16ClF2NO3S. The third kappa shape index (κ3) is 3.53. The Balaban J connectivity index is 2.38. The molecule has 1 saturated heterocycles. The molecule has 0 saturated carbocycles. The Bertz CT molecular complexity index is 636. The molecule has 8 heteroatoms. The lowest BCUT2D eigenvalue weighted by atomic mass is 10.1. The van der Waals surface area contributed by atoms with Crippen molar-refractivity contribution in [3.8, 4) is 0 Å². The minimum atomic E-state index is -4.07. The Labute approximate surface area is 127 Å². The van der Waals surface area contributed by atoms with E-state index in [9.17, 15) is 17.2 Å². The highest BCUT2D eigenvalue weighted by molar-refractivity contribution is 7.89. The fraction of sp³-hybridized carbons (Fsp3) is 0.538. The molecule has 0 spiro atoms. The summed E-state index contributed by atoms with van der Waals surface area (Å²) in [7, 11) is -4.07. The zero-order valence-corrected chi connectivity index (χ0v) is 13.2. The van der Waals surface area contributed by atoms with E-state index >= 15 is 0 Å². The van der Waals surface area contributed by atoms with Crippen molar-refractivity contribution in [1.29, 1.82) is 0 Å². The lowest BCUT2D eigenvalue weighted by Gasteiger charge is -2.41. The van der Waals surface area contributed by atoms with E-state index in [2.05, 4.69) is 0 Å². The van der Waals surface area contributed by atoms with Gasteiger partial charge in [-0.3, -0.25) is 0 Å². The average Bonchev–Trinajstić information content (AvgIpc) is 2.36. The number of benzene rings is 1. The van der Waals surface area contributed by atoms with Crippen LogP contribution < -0.4 is 0 Å². The second-order valence-corrected chi connectivity index (χ2v) is 7.74. The molecule has 118 valence electrons. The fourth-order valence-electron chi connectivity index (χ4n) is 2.33. The quantitative estimate of drug-likeness (QED) is 0.794. The molecule has 1 aromatic carbocycles. The van der Waals surface area contributed by atoms with Crippen LogP contribution in [0.5, 0.6) is 0 Å². The van der Waals surface area contributed by atoms with E-state index in [1.807, 2.05) is 0 Å². The molecule has 21 heavy (non-hydrogen) atoms. The van der Waals surface area contributed by atoms with Crippen molar-refractivity contribution in [1.82, 2.24) is 4.31 Å². The van der Waals surface area contributed by atoms with Crippen LogP contribution in [0, 0.1) is 11.6 Å². The van der Waals surface area contributed by atoms with Gasteiger partial charge in [0.1, 0.15) is 16.5 Å². The Hall–Kier alpha value is -0.760. The van der Waals surface area contributed by atoms with Crippen LogP contribution in [0.25, 0.3) is 0 Å². The van der Waals surface area contributed by atoms with E-state index in [4.69, 9.17) is 16.3 Å². The van der Waals surface area contributed by atoms with E-state index < -0.39 is 38.3 Å². The van der Waals surface area contributed by atoms with Gasteiger partial charge >= 0.3 is 0 Å². The Morgan fingerprint density at radius 2 is 2.10 bits per heavy atom. The molecular weight excluding hydrogens is 324 g/mol. The summed E-state index contributed by atoms with van der Waals surface area (Å²) in [6.45, 7) is 3.57. The third-order valence-electron chi connectivity index (χ3n) is 3.13. The number of hydrogen-bond donors (Lipinski definition) is 0. The molecule has 2 rings (SSSR count). The number of rotatable bonds is 3. The van der Waals surface area contributed by atoms with E-state index in [0.29, 0.717) is 6.07 Å². The first-order valence-corrected chi connectivity index (χ1v) is 8.32. The Kier molecular flexibility index (Phi) is 4.58. The predicted molar refractivity (Wildman–Crippen MR) is 74.8 cm³/mol. The number of ether oxygens (including phenoxy) is 1. The van der Waals surface area contributed by atoms with Crippen LogP contribution >= 0.6 is 11.6 Å². The maximum atomic E-state index is 13.8. The van der Waals surface area contributed by atoms with Crippen molar-refractivity contribution >= 4 is 21.6 Å². The van der Waals surface area contributed by atoms with Crippen molar-refractivity contribution in [3.63, 3.8) is 0 Å². The molecule has 0 bridgehead atoms. The highest BCUT2D eigenvalue weighted by Crippen LogP contribution is 2.28. The highest BCUT2D eigenvalue weighted by atomic mass is 35.5. The second kappa shape index (κ2) is 5.79. The maximum absolute atomic E-state index is 13.8. The summed E-state index contributed by atoms with van der Waals surface area (Å²) in [5.74, 6) is -1.81. The molecule has 0 aliphatic carbocycles. The number of hydrogen-bond acceptors (Lipinski definition) is 3. The normalized spacial score (nSPS) is 23.2. The van der Waals surface area contributed by atoms with E-state index in [0.717, 1.165) is 16.4 Å². The monoisotopic (exact) mass is 339 g/mol. The van der Waals surface area contributed by atoms with Crippen molar-refractivity contribution in [2.75, 3.05) is 19.0 Å². The zero-order chi connectivity index (χ0) is 15.8. The minimum Gasteiger partial charge on any atom is -0.368 e. The number of morpholine rings is 1. The van der Waals surface area contributed by atoms with Crippen LogP contribution in [0.15, 0.2) is 23.1 Å². The van der Waals surface area contributed by atoms with E-state index in [-0.39, 0.29) is 19.0 Å². The first-order valence-electron chi connectivity index (χ1n) is 6.35. The van der Waals surface area contributed by atoms with Gasteiger partial charge in [-0.05, 0) is 26.0 Å². The molecule has 1 atom stereocenters. The molecule has 4 nitrogen and oxygen atoms in total. The Morgan fingerprint density at radius 1 is 1.43 bits per heavy atom. The molecule has 1 heterocycles. The molecule has 1 unspecified atom stereocenters. The smallest absolute Gasteiger partial charge is 0.246 e. The molecule has 1 aromatic rings. The number of sulfonamides is 1. The Morgan fingerprint density at radius 3 is 2.67 bits per heavy atom. The van der Waals surface area contributed by atoms with Gasteiger partial charge in [-0.2, -0.15) is 4.31 Å². The first kappa shape index (κ1) is 16.6. The van der Waals surface area contributed by atoms with Crippen LogP contribution in [-0.4, -0.2) is 43.4 Å². The average molecular weight is 340 g/mol. The van der Waals surface area contributed by atoms with E-state index in [1.54, 1.807) is 13.8 Å². The summed E-state index contributed by atoms with van der Waals surface area (Å²) in [6.07, 6.45) is -0.478. The van der Waals surface area contributed by atoms with Gasteiger partial charge in [0, 0.05) is 25.0 Å². The standard InChI is InChI=1S/C13H16ClF2NO3S/c1-13(2)8-17(7-10(6-14)20-13)21(18,19)12-4-3-9(15)5-11(12)16/h3-5,10H,6-8H2,1-2H3. The van der Waals surface area contributed by atoms with Gasteiger partial charge in [-0.1, -0.05) is 0 Å². The number of alkyl halides is 1. The summed E-state index contributed by atoms with van der Waals surface area (Å²) in [6, 6.07) is 2.40. The molecule has 0 N–H and O–H groups in total. The van der Waals surface area contributed by atoms with Crippen molar-refractivity contribution in [2.24, 2.45) is 0 Å². The molecule has 1 aliphatic heterocycles. The van der Waals surface area contributed by atoms with Crippen LogP contribution in [0.1, 0.15) is 13.8 Å². The maximum Gasteiger partial charge on any atom is 0.246 e. The van der Waals surface area contributed by atoms with E-state index in [1.165, 1.54) is 0 Å².